The lowest BCUT2D eigenvalue weighted by Gasteiger charge is -2.34. The Balaban J connectivity index is 1.32. The average molecular weight is 584 g/mol. The minimum absolute atomic E-state index is 0.0491. The van der Waals surface area contributed by atoms with Crippen LogP contribution in [0.25, 0.3) is 42.3 Å². The molecule has 8 nitrogen and oxygen atoms in total. The first-order valence-electron chi connectivity index (χ1n) is 14.5. The molecule has 1 amide bonds. The summed E-state index contributed by atoms with van der Waals surface area (Å²) >= 11 is 1.68. The number of amides is 1. The number of carbonyl (C=O) groups excluding carboxylic acids is 1. The van der Waals surface area contributed by atoms with Gasteiger partial charge in [0.15, 0.2) is 11.3 Å². The smallest absolute Gasteiger partial charge is 0.238 e. The van der Waals surface area contributed by atoms with Gasteiger partial charge < -0.3 is 24.1 Å². The lowest BCUT2D eigenvalue weighted by molar-refractivity contribution is -0.121. The summed E-state index contributed by atoms with van der Waals surface area (Å²) in [5.74, 6) is 0.512. The van der Waals surface area contributed by atoms with E-state index in [-0.39, 0.29) is 23.5 Å². The largest absolute Gasteiger partial charge is 0.440 e. The van der Waals surface area contributed by atoms with Gasteiger partial charge in [-0.3, -0.25) is 14.5 Å². The Morgan fingerprint density at radius 3 is 2.52 bits per heavy atom. The highest BCUT2D eigenvalue weighted by Crippen LogP contribution is 2.45. The Morgan fingerprint density at radius 1 is 0.952 bits per heavy atom. The van der Waals surface area contributed by atoms with Crippen molar-refractivity contribution in [2.45, 2.75) is 26.1 Å². The number of nitrogens with one attached hydrogen (secondary N) is 1. The molecule has 7 rings (SSSR count). The Kier molecular flexibility index (Phi) is 7.19. The van der Waals surface area contributed by atoms with Gasteiger partial charge in [0, 0.05) is 63.5 Å². The summed E-state index contributed by atoms with van der Waals surface area (Å²) in [7, 11) is 0. The fourth-order valence-corrected chi connectivity index (χ4v) is 7.52. The van der Waals surface area contributed by atoms with Crippen LogP contribution in [0.5, 0.6) is 0 Å². The highest BCUT2D eigenvalue weighted by Gasteiger charge is 2.25. The molecule has 5 aromatic rings. The number of anilines is 2. The second kappa shape index (κ2) is 11.1. The normalized spacial score (nSPS) is 20.0. The quantitative estimate of drug-likeness (QED) is 0.284. The zero-order valence-corrected chi connectivity index (χ0v) is 24.5. The Bertz CT molecular complexity index is 1850. The number of para-hydroxylation sites is 1. The minimum Gasteiger partial charge on any atom is -0.440 e. The van der Waals surface area contributed by atoms with E-state index in [1.807, 2.05) is 56.3 Å². The fraction of sp³-hybridized carbons (Fsp3) is 0.333. The average Bonchev–Trinajstić information content (AvgIpc) is 3.37. The number of hydrogen-bond donors (Lipinski definition) is 1. The first kappa shape index (κ1) is 27.1. The van der Waals surface area contributed by atoms with E-state index in [2.05, 4.69) is 27.2 Å². The molecule has 2 aliphatic rings. The van der Waals surface area contributed by atoms with Gasteiger partial charge in [-0.2, -0.15) is 0 Å². The zero-order chi connectivity index (χ0) is 28.8. The summed E-state index contributed by atoms with van der Waals surface area (Å²) in [6, 6.07) is 19.6. The third kappa shape index (κ3) is 5.07. The monoisotopic (exact) mass is 583 g/mol. The van der Waals surface area contributed by atoms with Gasteiger partial charge in [0.05, 0.1) is 43.0 Å². The number of morpholine rings is 2. The zero-order valence-electron chi connectivity index (χ0n) is 23.7. The summed E-state index contributed by atoms with van der Waals surface area (Å²) in [5.41, 5.74) is 3.10. The molecule has 0 radical (unpaired) electrons. The third-order valence-corrected chi connectivity index (χ3v) is 9.22. The van der Waals surface area contributed by atoms with Gasteiger partial charge in [0.25, 0.3) is 0 Å². The molecule has 9 heteroatoms. The lowest BCUT2D eigenvalue weighted by atomic mass is 9.99. The molecule has 0 spiro atoms. The van der Waals surface area contributed by atoms with Crippen LogP contribution in [0.15, 0.2) is 69.9 Å². The molecule has 3 aromatic carbocycles. The summed E-state index contributed by atoms with van der Waals surface area (Å²) < 4.78 is 20.0. The predicted molar refractivity (Wildman–Crippen MR) is 169 cm³/mol. The van der Waals surface area contributed by atoms with Crippen molar-refractivity contribution in [3.8, 4) is 11.1 Å². The molecule has 2 aliphatic heterocycles. The van der Waals surface area contributed by atoms with Gasteiger partial charge in [-0.05, 0) is 32.0 Å². The van der Waals surface area contributed by atoms with Crippen LogP contribution < -0.4 is 15.6 Å². The van der Waals surface area contributed by atoms with Gasteiger partial charge in [-0.15, -0.1) is 11.3 Å². The molecule has 1 N–H and O–H groups in total. The molecule has 0 unspecified atom stereocenters. The number of thiophene rings is 1. The fourth-order valence-electron chi connectivity index (χ4n) is 6.27. The van der Waals surface area contributed by atoms with Crippen molar-refractivity contribution < 1.29 is 18.7 Å². The van der Waals surface area contributed by atoms with Gasteiger partial charge in [-0.25, -0.2) is 0 Å². The Labute approximate surface area is 247 Å². The SMILES string of the molecule is C[C@@H]1CN(CC(=O)Nc2ccc(-c3cccc4c(=O)cc(N5CCOCC5)oc34)c3sc4ccccc4c23)C[C@H](C)O1. The topological polar surface area (TPSA) is 84.3 Å². The van der Waals surface area contributed by atoms with E-state index in [1.54, 1.807) is 17.4 Å². The van der Waals surface area contributed by atoms with Gasteiger partial charge in [-0.1, -0.05) is 36.4 Å². The standard InChI is InChI=1S/C33H33N3O5S/c1-20-17-35(18-21(2)40-20)19-29(38)34-26-11-10-23(33-31(26)25-6-3-4-9-28(25)42-33)22-7-5-8-24-27(37)16-30(41-32(22)24)36-12-14-39-15-13-36/h3-11,16,20-21H,12-15,17-19H2,1-2H3,(H,34,38)/t20-,21+. The molecule has 42 heavy (non-hydrogen) atoms. The van der Waals surface area contributed by atoms with E-state index in [9.17, 15) is 9.59 Å². The van der Waals surface area contributed by atoms with Crippen molar-refractivity contribution in [1.82, 2.24) is 4.90 Å². The van der Waals surface area contributed by atoms with Crippen molar-refractivity contribution in [3.63, 3.8) is 0 Å². The number of fused-ring (bicyclic) bond motifs is 4. The van der Waals surface area contributed by atoms with E-state index < -0.39 is 0 Å². The number of benzene rings is 3. The summed E-state index contributed by atoms with van der Waals surface area (Å²) in [6.45, 7) is 8.40. The van der Waals surface area contributed by atoms with E-state index in [4.69, 9.17) is 13.9 Å². The molecule has 4 heterocycles. The second-order valence-electron chi connectivity index (χ2n) is 11.2. The maximum atomic E-state index is 13.3. The first-order chi connectivity index (χ1) is 20.4. The molecule has 2 atom stereocenters. The maximum Gasteiger partial charge on any atom is 0.238 e. The summed E-state index contributed by atoms with van der Waals surface area (Å²) in [4.78, 5) is 30.7. The van der Waals surface area contributed by atoms with Crippen molar-refractivity contribution in [2.75, 3.05) is 56.2 Å². The molecule has 2 fully saturated rings. The van der Waals surface area contributed by atoms with Crippen LogP contribution in [0.4, 0.5) is 11.6 Å². The summed E-state index contributed by atoms with van der Waals surface area (Å²) in [5, 5.41) is 5.83. The van der Waals surface area contributed by atoms with E-state index in [0.29, 0.717) is 49.7 Å². The van der Waals surface area contributed by atoms with Gasteiger partial charge in [0.2, 0.25) is 5.91 Å². The van der Waals surface area contributed by atoms with Crippen LogP contribution in [-0.4, -0.2) is 69.0 Å². The van der Waals surface area contributed by atoms with Crippen molar-refractivity contribution in [2.24, 2.45) is 0 Å². The predicted octanol–water partition coefficient (Wildman–Crippen LogP) is 5.71. The van der Waals surface area contributed by atoms with Gasteiger partial charge in [0.1, 0.15) is 5.58 Å². The van der Waals surface area contributed by atoms with E-state index in [0.717, 1.165) is 50.1 Å². The van der Waals surface area contributed by atoms with Crippen LogP contribution in [0.1, 0.15) is 13.8 Å². The molecule has 2 aromatic heterocycles. The second-order valence-corrected chi connectivity index (χ2v) is 12.2. The highest BCUT2D eigenvalue weighted by molar-refractivity contribution is 7.26. The van der Waals surface area contributed by atoms with Crippen LogP contribution in [-0.2, 0) is 14.3 Å². The molecule has 216 valence electrons. The molecule has 0 saturated carbocycles. The van der Waals surface area contributed by atoms with Crippen molar-refractivity contribution >= 4 is 60.0 Å². The number of ether oxygens (including phenoxy) is 2. The summed E-state index contributed by atoms with van der Waals surface area (Å²) in [6.07, 6.45) is 0.190. The van der Waals surface area contributed by atoms with Crippen LogP contribution >= 0.6 is 11.3 Å². The molecular weight excluding hydrogens is 550 g/mol. The number of hydrogen-bond acceptors (Lipinski definition) is 8. The van der Waals surface area contributed by atoms with Crippen molar-refractivity contribution in [1.29, 1.82) is 0 Å². The van der Waals surface area contributed by atoms with E-state index >= 15 is 0 Å². The Hall–Kier alpha value is -3.76. The van der Waals surface area contributed by atoms with Crippen molar-refractivity contribution in [3.05, 3.63) is 70.9 Å². The first-order valence-corrected chi connectivity index (χ1v) is 15.3. The molecule has 0 aliphatic carbocycles. The molecule has 2 saturated heterocycles. The number of rotatable bonds is 5. The number of nitrogens with zero attached hydrogens (tertiary/aromatic N) is 2. The molecular formula is C33H33N3O5S. The van der Waals surface area contributed by atoms with Crippen LogP contribution in [0.2, 0.25) is 0 Å². The van der Waals surface area contributed by atoms with E-state index in [1.165, 1.54) is 0 Å². The van der Waals surface area contributed by atoms with Crippen LogP contribution in [0.3, 0.4) is 0 Å². The molecule has 0 bridgehead atoms. The van der Waals surface area contributed by atoms with Gasteiger partial charge >= 0.3 is 0 Å². The van der Waals surface area contributed by atoms with Crippen LogP contribution in [0, 0.1) is 0 Å². The highest BCUT2D eigenvalue weighted by atomic mass is 32.1. The minimum atomic E-state index is -0.0668. The third-order valence-electron chi connectivity index (χ3n) is 8.02. The lowest BCUT2D eigenvalue weighted by Crippen LogP contribution is -2.48. The number of carbonyl (C=O) groups is 1. The maximum absolute atomic E-state index is 13.3. The Morgan fingerprint density at radius 2 is 1.71 bits per heavy atom.